The van der Waals surface area contributed by atoms with E-state index in [4.69, 9.17) is 16.3 Å². The molecule has 0 aromatic heterocycles. The van der Waals surface area contributed by atoms with Crippen LogP contribution in [0.1, 0.15) is 5.56 Å². The maximum absolute atomic E-state index is 13.7. The minimum atomic E-state index is -0.434. The number of rotatable bonds is 4. The van der Waals surface area contributed by atoms with Crippen molar-refractivity contribution in [2.45, 2.75) is 6.54 Å². The number of hydrogen-bond donors (Lipinski definition) is 1. The number of carbonyl (C=O) groups excluding carboxylic acids is 1. The van der Waals surface area contributed by atoms with Crippen molar-refractivity contribution in [2.24, 2.45) is 0 Å². The third-order valence-corrected chi connectivity index (χ3v) is 3.50. The van der Waals surface area contributed by atoms with Crippen molar-refractivity contribution in [3.05, 3.63) is 58.9 Å². The molecule has 0 atom stereocenters. The van der Waals surface area contributed by atoms with Crippen LogP contribution in [0.5, 0.6) is 5.75 Å². The summed E-state index contributed by atoms with van der Waals surface area (Å²) in [5.41, 5.74) is 0.911. The molecule has 0 fully saturated rings. The molecule has 116 valence electrons. The number of methoxy groups -OCH3 is 1. The normalized spacial score (nSPS) is 10.2. The number of nitrogens with one attached hydrogen (secondary N) is 1. The minimum Gasteiger partial charge on any atom is -0.497 e. The molecule has 4 nitrogen and oxygen atoms in total. The quantitative estimate of drug-likeness (QED) is 0.918. The van der Waals surface area contributed by atoms with E-state index < -0.39 is 5.82 Å². The zero-order valence-corrected chi connectivity index (χ0v) is 13.0. The van der Waals surface area contributed by atoms with Crippen molar-refractivity contribution in [3.8, 4) is 5.75 Å². The first kappa shape index (κ1) is 16.1. The van der Waals surface area contributed by atoms with Crippen LogP contribution in [0, 0.1) is 5.82 Å². The van der Waals surface area contributed by atoms with Gasteiger partial charge in [0.15, 0.2) is 0 Å². The lowest BCUT2D eigenvalue weighted by Gasteiger charge is -2.19. The first-order chi connectivity index (χ1) is 10.5. The van der Waals surface area contributed by atoms with Crippen molar-refractivity contribution >= 4 is 23.3 Å². The Balaban J connectivity index is 2.02. The molecule has 0 unspecified atom stereocenters. The van der Waals surface area contributed by atoms with Gasteiger partial charge in [-0.1, -0.05) is 17.7 Å². The molecule has 0 aliphatic carbocycles. The molecule has 6 heteroatoms. The predicted octanol–water partition coefficient (Wildman–Crippen LogP) is 4.15. The van der Waals surface area contributed by atoms with E-state index in [1.165, 1.54) is 17.0 Å². The Labute approximate surface area is 133 Å². The molecule has 2 amide bonds. The second kappa shape index (κ2) is 7.13. The lowest BCUT2D eigenvalue weighted by Crippen LogP contribution is -2.31. The Morgan fingerprint density at radius 1 is 1.27 bits per heavy atom. The number of ether oxygens (including phenoxy) is 1. The van der Waals surface area contributed by atoms with Crippen LogP contribution in [0.3, 0.4) is 0 Å². The van der Waals surface area contributed by atoms with Crippen molar-refractivity contribution in [1.82, 2.24) is 4.90 Å². The molecule has 1 N–H and O–H groups in total. The summed E-state index contributed by atoms with van der Waals surface area (Å²) in [5, 5.41) is 3.01. The number of carbonyl (C=O) groups is 1. The second-order valence-electron chi connectivity index (χ2n) is 4.71. The highest BCUT2D eigenvalue weighted by atomic mass is 35.5. The minimum absolute atomic E-state index is 0.0769. The topological polar surface area (TPSA) is 41.6 Å². The average Bonchev–Trinajstić information content (AvgIpc) is 2.51. The van der Waals surface area contributed by atoms with Crippen molar-refractivity contribution in [2.75, 3.05) is 19.5 Å². The van der Waals surface area contributed by atoms with E-state index >= 15 is 0 Å². The molecule has 0 bridgehead atoms. The van der Waals surface area contributed by atoms with Crippen LogP contribution in [-0.4, -0.2) is 25.1 Å². The monoisotopic (exact) mass is 322 g/mol. The SMILES string of the molecule is COc1ccc(NC(=O)N(C)Cc2c(F)cccc2Cl)cc1. The highest BCUT2D eigenvalue weighted by molar-refractivity contribution is 6.31. The van der Waals surface area contributed by atoms with Crippen LogP contribution in [0.2, 0.25) is 5.02 Å². The molecular formula is C16H16ClFN2O2. The summed E-state index contributed by atoms with van der Waals surface area (Å²) in [6, 6.07) is 11.0. The number of urea groups is 1. The van der Waals surface area contributed by atoms with Crippen LogP contribution in [0.15, 0.2) is 42.5 Å². The fourth-order valence-corrected chi connectivity index (χ4v) is 2.11. The Bertz CT molecular complexity index is 641. The fraction of sp³-hybridized carbons (Fsp3) is 0.188. The number of halogens is 2. The zero-order chi connectivity index (χ0) is 16.1. The summed E-state index contributed by atoms with van der Waals surface area (Å²) in [4.78, 5) is 13.5. The molecule has 0 saturated carbocycles. The summed E-state index contributed by atoms with van der Waals surface area (Å²) in [6.45, 7) is 0.0769. The smallest absolute Gasteiger partial charge is 0.321 e. The summed E-state index contributed by atoms with van der Waals surface area (Å²) < 4.78 is 18.8. The van der Waals surface area contributed by atoms with Crippen LogP contribution in [0.25, 0.3) is 0 Å². The largest absolute Gasteiger partial charge is 0.497 e. The number of benzene rings is 2. The van der Waals surface area contributed by atoms with Crippen LogP contribution in [0.4, 0.5) is 14.9 Å². The second-order valence-corrected chi connectivity index (χ2v) is 5.12. The van der Waals surface area contributed by atoms with E-state index in [0.29, 0.717) is 16.5 Å². The van der Waals surface area contributed by atoms with Gasteiger partial charge in [0, 0.05) is 23.3 Å². The first-order valence-corrected chi connectivity index (χ1v) is 6.98. The Kier molecular flexibility index (Phi) is 5.22. The van der Waals surface area contributed by atoms with Crippen LogP contribution in [-0.2, 0) is 6.54 Å². The Hall–Kier alpha value is -2.27. The van der Waals surface area contributed by atoms with Gasteiger partial charge < -0.3 is 15.0 Å². The molecule has 0 saturated heterocycles. The standard InChI is InChI=1S/C16H16ClFN2O2/c1-20(10-13-14(17)4-3-5-15(13)18)16(21)19-11-6-8-12(22-2)9-7-11/h3-9H,10H2,1-2H3,(H,19,21). The van der Waals surface area contributed by atoms with Crippen molar-refractivity contribution in [3.63, 3.8) is 0 Å². The third-order valence-electron chi connectivity index (χ3n) is 3.14. The van der Waals surface area contributed by atoms with E-state index in [9.17, 15) is 9.18 Å². The van der Waals surface area contributed by atoms with Gasteiger partial charge in [0.25, 0.3) is 0 Å². The fourth-order valence-electron chi connectivity index (χ4n) is 1.89. The summed E-state index contributed by atoms with van der Waals surface area (Å²) in [5.74, 6) is 0.265. The van der Waals surface area contributed by atoms with Gasteiger partial charge in [-0.3, -0.25) is 0 Å². The van der Waals surface area contributed by atoms with Gasteiger partial charge >= 0.3 is 6.03 Å². The van der Waals surface area contributed by atoms with Gasteiger partial charge in [-0.05, 0) is 36.4 Å². The number of amides is 2. The van der Waals surface area contributed by atoms with Gasteiger partial charge in [-0.25, -0.2) is 9.18 Å². The first-order valence-electron chi connectivity index (χ1n) is 6.60. The van der Waals surface area contributed by atoms with E-state index in [2.05, 4.69) is 5.32 Å². The summed E-state index contributed by atoms with van der Waals surface area (Å²) >= 11 is 5.96. The average molecular weight is 323 g/mol. The van der Waals surface area contributed by atoms with Crippen LogP contribution >= 0.6 is 11.6 Å². The van der Waals surface area contributed by atoms with Gasteiger partial charge in [-0.2, -0.15) is 0 Å². The van der Waals surface area contributed by atoms with Crippen molar-refractivity contribution in [1.29, 1.82) is 0 Å². The van der Waals surface area contributed by atoms with E-state index in [0.717, 1.165) is 0 Å². The Morgan fingerprint density at radius 2 is 1.95 bits per heavy atom. The lowest BCUT2D eigenvalue weighted by atomic mass is 10.2. The van der Waals surface area contributed by atoms with Crippen LogP contribution < -0.4 is 10.1 Å². The number of anilines is 1. The predicted molar refractivity (Wildman–Crippen MR) is 84.9 cm³/mol. The zero-order valence-electron chi connectivity index (χ0n) is 12.3. The van der Waals surface area contributed by atoms with E-state index in [1.807, 2.05) is 0 Å². The highest BCUT2D eigenvalue weighted by Crippen LogP contribution is 2.21. The molecule has 0 aliphatic rings. The molecular weight excluding hydrogens is 307 g/mol. The molecule has 2 rings (SSSR count). The maximum atomic E-state index is 13.7. The Morgan fingerprint density at radius 3 is 2.55 bits per heavy atom. The molecule has 0 aliphatic heterocycles. The molecule has 2 aromatic carbocycles. The van der Waals surface area contributed by atoms with Crippen molar-refractivity contribution < 1.29 is 13.9 Å². The third kappa shape index (κ3) is 3.89. The molecule has 0 radical (unpaired) electrons. The molecule has 0 spiro atoms. The van der Waals surface area contributed by atoms with Gasteiger partial charge in [0.2, 0.25) is 0 Å². The molecule has 2 aromatic rings. The van der Waals surface area contributed by atoms with Gasteiger partial charge in [-0.15, -0.1) is 0 Å². The lowest BCUT2D eigenvalue weighted by molar-refractivity contribution is 0.220. The summed E-state index contributed by atoms with van der Waals surface area (Å²) in [7, 11) is 3.14. The number of hydrogen-bond acceptors (Lipinski definition) is 2. The molecule has 0 heterocycles. The number of nitrogens with zero attached hydrogens (tertiary/aromatic N) is 1. The maximum Gasteiger partial charge on any atom is 0.321 e. The van der Waals surface area contributed by atoms with Gasteiger partial charge in [0.1, 0.15) is 11.6 Å². The van der Waals surface area contributed by atoms with E-state index in [-0.39, 0.29) is 18.1 Å². The highest BCUT2D eigenvalue weighted by Gasteiger charge is 2.14. The van der Waals surface area contributed by atoms with Gasteiger partial charge in [0.05, 0.1) is 13.7 Å². The molecule has 22 heavy (non-hydrogen) atoms. The van der Waals surface area contributed by atoms with E-state index in [1.54, 1.807) is 44.5 Å². The summed E-state index contributed by atoms with van der Waals surface area (Å²) in [6.07, 6.45) is 0.